The Labute approximate surface area is 228 Å². The van der Waals surface area contributed by atoms with E-state index in [1.54, 1.807) is 12.3 Å². The van der Waals surface area contributed by atoms with Crippen LogP contribution in [0.1, 0.15) is 30.1 Å². The van der Waals surface area contributed by atoms with Gasteiger partial charge in [0.05, 0.1) is 52.6 Å². The Kier molecular flexibility index (Phi) is 5.66. The van der Waals surface area contributed by atoms with Crippen molar-refractivity contribution in [1.29, 1.82) is 0 Å². The van der Waals surface area contributed by atoms with Crippen LogP contribution in [-0.2, 0) is 0 Å². The smallest absolute Gasteiger partial charge is 0.258 e. The molecule has 0 saturated carbocycles. The van der Waals surface area contributed by atoms with E-state index in [1.807, 2.05) is 46.9 Å². The molecule has 198 valence electrons. The number of halogens is 2. The number of rotatable bonds is 5. The number of benzene rings is 1. The monoisotopic (exact) mass is 545 g/mol. The van der Waals surface area contributed by atoms with E-state index in [4.69, 9.17) is 21.3 Å². The number of nitrogens with one attached hydrogen (secondary N) is 1. The lowest BCUT2D eigenvalue weighted by atomic mass is 10.1. The fourth-order valence-corrected chi connectivity index (χ4v) is 6.24. The molecular weight excluding hydrogens is 521 g/mol. The van der Waals surface area contributed by atoms with Crippen LogP contribution in [0.5, 0.6) is 5.75 Å². The number of amides is 1. The number of H-pyrrole nitrogens is 1. The molecule has 11 heteroatoms. The van der Waals surface area contributed by atoms with Crippen LogP contribution in [0.2, 0.25) is 5.02 Å². The third kappa shape index (κ3) is 3.89. The Bertz CT molecular complexity index is 1680. The van der Waals surface area contributed by atoms with Crippen molar-refractivity contribution >= 4 is 39.9 Å². The number of aromatic nitrogens is 5. The van der Waals surface area contributed by atoms with Crippen LogP contribution >= 0.6 is 11.6 Å². The molecule has 39 heavy (non-hydrogen) atoms. The molecule has 0 radical (unpaired) electrons. The molecule has 1 aromatic carbocycles. The van der Waals surface area contributed by atoms with Gasteiger partial charge in [-0.05, 0) is 50.1 Å². The van der Waals surface area contributed by atoms with E-state index in [1.165, 1.54) is 12.1 Å². The Balaban J connectivity index is 1.17. The summed E-state index contributed by atoms with van der Waals surface area (Å²) in [5.41, 5.74) is 3.46. The molecule has 7 rings (SSSR count). The van der Waals surface area contributed by atoms with Gasteiger partial charge in [0.25, 0.3) is 5.91 Å². The number of carbonyl (C=O) groups is 1. The minimum absolute atomic E-state index is 0.0305. The topological polar surface area (TPSA) is 91.6 Å². The SMILES string of the molecule is CCOc1cc(-c2ccc(N3CC4CCC(C3)N4C(=O)c3c(F)cccc3Cl)nc2)c2c3cn[nH]c3nn2c1. The first-order valence-electron chi connectivity index (χ1n) is 13.0. The van der Waals surface area contributed by atoms with Gasteiger partial charge in [0.15, 0.2) is 5.65 Å². The van der Waals surface area contributed by atoms with Crippen molar-refractivity contribution in [3.63, 3.8) is 0 Å². The summed E-state index contributed by atoms with van der Waals surface area (Å²) >= 11 is 6.20. The summed E-state index contributed by atoms with van der Waals surface area (Å²) in [7, 11) is 0. The zero-order valence-corrected chi connectivity index (χ0v) is 21.9. The fourth-order valence-electron chi connectivity index (χ4n) is 5.99. The van der Waals surface area contributed by atoms with Gasteiger partial charge in [-0.1, -0.05) is 17.7 Å². The first kappa shape index (κ1) is 23.9. The maximum Gasteiger partial charge on any atom is 0.258 e. The van der Waals surface area contributed by atoms with Gasteiger partial charge < -0.3 is 14.5 Å². The van der Waals surface area contributed by atoms with Gasteiger partial charge in [0.2, 0.25) is 0 Å². The van der Waals surface area contributed by atoms with Crippen molar-refractivity contribution in [2.24, 2.45) is 0 Å². The van der Waals surface area contributed by atoms with Crippen molar-refractivity contribution in [3.05, 3.63) is 71.4 Å². The lowest BCUT2D eigenvalue weighted by Gasteiger charge is -2.41. The molecule has 9 nitrogen and oxygen atoms in total. The largest absolute Gasteiger partial charge is 0.492 e. The Morgan fingerprint density at radius 3 is 2.72 bits per heavy atom. The summed E-state index contributed by atoms with van der Waals surface area (Å²) in [6.07, 6.45) is 7.22. The summed E-state index contributed by atoms with van der Waals surface area (Å²) in [5.74, 6) is 0.637. The summed E-state index contributed by atoms with van der Waals surface area (Å²) in [5, 5.41) is 12.7. The van der Waals surface area contributed by atoms with Gasteiger partial charge in [-0.2, -0.15) is 5.10 Å². The van der Waals surface area contributed by atoms with Gasteiger partial charge in [0, 0.05) is 30.4 Å². The minimum Gasteiger partial charge on any atom is -0.492 e. The number of nitrogens with zero attached hydrogens (tertiary/aromatic N) is 6. The van der Waals surface area contributed by atoms with Crippen LogP contribution in [0.4, 0.5) is 10.2 Å². The third-order valence-electron chi connectivity index (χ3n) is 7.69. The molecule has 1 amide bonds. The zero-order chi connectivity index (χ0) is 26.7. The highest BCUT2D eigenvalue weighted by molar-refractivity contribution is 6.33. The molecule has 5 aromatic rings. The summed E-state index contributed by atoms with van der Waals surface area (Å²) < 4.78 is 22.1. The predicted molar refractivity (Wildman–Crippen MR) is 146 cm³/mol. The first-order chi connectivity index (χ1) is 19.0. The number of piperazine rings is 1. The molecule has 2 aliphatic heterocycles. The molecule has 6 heterocycles. The van der Waals surface area contributed by atoms with Gasteiger partial charge in [-0.15, -0.1) is 5.10 Å². The Hall–Kier alpha value is -4.18. The fraction of sp³-hybridized carbons (Fsp3) is 0.286. The number of carbonyl (C=O) groups excluding carboxylic acids is 1. The second kappa shape index (κ2) is 9.23. The van der Waals surface area contributed by atoms with Crippen LogP contribution in [0.15, 0.2) is 55.0 Å². The Morgan fingerprint density at radius 2 is 2.00 bits per heavy atom. The van der Waals surface area contributed by atoms with Crippen molar-refractivity contribution in [3.8, 4) is 16.9 Å². The van der Waals surface area contributed by atoms with Crippen molar-refractivity contribution in [2.75, 3.05) is 24.6 Å². The van der Waals surface area contributed by atoms with E-state index in [2.05, 4.69) is 20.2 Å². The number of hydrogen-bond donors (Lipinski definition) is 1. The van der Waals surface area contributed by atoms with Crippen LogP contribution < -0.4 is 9.64 Å². The van der Waals surface area contributed by atoms with Gasteiger partial charge in [-0.3, -0.25) is 9.89 Å². The maximum atomic E-state index is 14.5. The minimum atomic E-state index is -0.583. The van der Waals surface area contributed by atoms with Crippen LogP contribution in [-0.4, -0.2) is 67.4 Å². The standard InChI is InChI=1S/C28H25ClFN7O2/c1-2-39-19-10-20(26-21-12-32-33-27(21)34-36(26)15-19)16-6-9-24(31-11-16)35-13-17-7-8-18(14-35)37(17)28(38)25-22(29)4-3-5-23(25)30/h3-6,9-12,15,17-18H,2,7-8,13-14H2,1H3,(H,33,34). The van der Waals surface area contributed by atoms with Gasteiger partial charge in [-0.25, -0.2) is 13.9 Å². The quantitative estimate of drug-likeness (QED) is 0.336. The molecule has 2 atom stereocenters. The number of hydrogen-bond acceptors (Lipinski definition) is 6. The van der Waals surface area contributed by atoms with Crippen LogP contribution in [0.3, 0.4) is 0 Å². The van der Waals surface area contributed by atoms with Gasteiger partial charge in [0.1, 0.15) is 17.4 Å². The molecule has 1 N–H and O–H groups in total. The van der Waals surface area contributed by atoms with E-state index in [0.717, 1.165) is 46.4 Å². The second-order valence-electron chi connectivity index (χ2n) is 9.95. The molecule has 0 aliphatic carbocycles. The molecule has 2 aliphatic rings. The van der Waals surface area contributed by atoms with Gasteiger partial charge >= 0.3 is 0 Å². The number of fused-ring (bicyclic) bond motifs is 5. The van der Waals surface area contributed by atoms with E-state index < -0.39 is 5.82 Å². The Morgan fingerprint density at radius 1 is 1.18 bits per heavy atom. The second-order valence-corrected chi connectivity index (χ2v) is 10.4. The molecule has 0 spiro atoms. The molecule has 2 bridgehead atoms. The highest BCUT2D eigenvalue weighted by Crippen LogP contribution is 2.37. The van der Waals surface area contributed by atoms with E-state index in [9.17, 15) is 9.18 Å². The number of pyridine rings is 2. The van der Waals surface area contributed by atoms with Crippen LogP contribution in [0, 0.1) is 5.82 Å². The van der Waals surface area contributed by atoms with E-state index in [-0.39, 0.29) is 28.6 Å². The maximum absolute atomic E-state index is 14.5. The van der Waals surface area contributed by atoms with Crippen molar-refractivity contribution < 1.29 is 13.9 Å². The number of ether oxygens (including phenoxy) is 1. The summed E-state index contributed by atoms with van der Waals surface area (Å²) in [4.78, 5) is 22.2. The normalized spacial score (nSPS) is 18.8. The molecule has 2 unspecified atom stereocenters. The lowest BCUT2D eigenvalue weighted by molar-refractivity contribution is 0.0636. The zero-order valence-electron chi connectivity index (χ0n) is 21.1. The lowest BCUT2D eigenvalue weighted by Crippen LogP contribution is -2.56. The first-order valence-corrected chi connectivity index (χ1v) is 13.4. The molecule has 4 aromatic heterocycles. The predicted octanol–water partition coefficient (Wildman–Crippen LogP) is 4.96. The van der Waals surface area contributed by atoms with E-state index in [0.29, 0.717) is 25.3 Å². The molecular formula is C28H25ClFN7O2. The van der Waals surface area contributed by atoms with Crippen molar-refractivity contribution in [1.82, 2.24) is 29.7 Å². The summed E-state index contributed by atoms with van der Waals surface area (Å²) in [6.45, 7) is 3.75. The average molecular weight is 546 g/mol. The molecule has 2 saturated heterocycles. The third-order valence-corrected chi connectivity index (χ3v) is 8.00. The van der Waals surface area contributed by atoms with Crippen molar-refractivity contribution in [2.45, 2.75) is 31.8 Å². The molecule has 2 fully saturated rings. The number of anilines is 1. The van der Waals surface area contributed by atoms with Crippen LogP contribution in [0.25, 0.3) is 27.7 Å². The van der Waals surface area contributed by atoms with E-state index >= 15 is 0 Å². The summed E-state index contributed by atoms with van der Waals surface area (Å²) in [6, 6.07) is 10.3. The highest BCUT2D eigenvalue weighted by atomic mass is 35.5. The highest BCUT2D eigenvalue weighted by Gasteiger charge is 2.44. The number of aromatic amines is 1. The average Bonchev–Trinajstić information content (AvgIpc) is 3.59.